The van der Waals surface area contributed by atoms with Crippen molar-refractivity contribution in [1.82, 2.24) is 0 Å². The normalized spacial score (nSPS) is 11.0. The quantitative estimate of drug-likeness (QED) is 0.485. The number of halogens is 4. The summed E-state index contributed by atoms with van der Waals surface area (Å²) in [6, 6.07) is 0. The van der Waals surface area contributed by atoms with Crippen LogP contribution in [0.4, 0.5) is 0 Å². The van der Waals surface area contributed by atoms with Crippen molar-refractivity contribution >= 4 is 72.3 Å². The van der Waals surface area contributed by atoms with Crippen LogP contribution in [0.5, 0.6) is 0 Å². The van der Waals surface area contributed by atoms with Gasteiger partial charge < -0.3 is 0 Å². The van der Waals surface area contributed by atoms with Crippen LogP contribution < -0.4 is 0 Å². The van der Waals surface area contributed by atoms with E-state index in [1.54, 1.807) is 0 Å². The average Bonchev–Trinajstić information content (AvgIpc) is 1.36. The summed E-state index contributed by atoms with van der Waals surface area (Å²) >= 11 is 13.8. The fourth-order valence-corrected chi connectivity index (χ4v) is 0. The summed E-state index contributed by atoms with van der Waals surface area (Å²) in [5, 5.41) is 0. The van der Waals surface area contributed by atoms with Crippen molar-refractivity contribution in [2.24, 2.45) is 0 Å². The van der Waals surface area contributed by atoms with Crippen molar-refractivity contribution in [2.45, 2.75) is 0 Å². The van der Waals surface area contributed by atoms with Gasteiger partial charge in [0.05, 0.1) is 0 Å². The van der Waals surface area contributed by atoms with Gasteiger partial charge >= 0.3 is 0 Å². The topological polar surface area (TPSA) is 0 Å². The first kappa shape index (κ1) is 8.35. The Bertz CT molecular complexity index is 26.5. The lowest BCUT2D eigenvalue weighted by atomic mass is 27.0. The SMILES string of the molecule is Br[SiH](Br)[SiH](Br)Br. The maximum atomic E-state index is 3.46. The average molecular weight is 378 g/mol. The van der Waals surface area contributed by atoms with Gasteiger partial charge in [-0.2, -0.15) is 0 Å². The molecular weight excluding hydrogens is 376 g/mol. The monoisotopic (exact) mass is 374 g/mol. The lowest BCUT2D eigenvalue weighted by Crippen LogP contribution is -2.07. The van der Waals surface area contributed by atoms with Crippen LogP contribution in [0.15, 0.2) is 0 Å². The molecule has 0 saturated heterocycles. The van der Waals surface area contributed by atoms with E-state index in [0.717, 1.165) is 0 Å². The van der Waals surface area contributed by atoms with E-state index in [0.29, 0.717) is 0 Å². The molecule has 0 heterocycles. The molecule has 0 saturated carbocycles. The molecule has 0 amide bonds. The fourth-order valence-electron chi connectivity index (χ4n) is 0. The van der Waals surface area contributed by atoms with Crippen molar-refractivity contribution in [2.75, 3.05) is 0 Å². The zero-order valence-electron chi connectivity index (χ0n) is 2.67. The van der Waals surface area contributed by atoms with Gasteiger partial charge in [-0.05, 0) is 0 Å². The maximum absolute atomic E-state index is 3.46. The van der Waals surface area contributed by atoms with E-state index < -0.39 is 11.1 Å². The number of hydrogen-bond donors (Lipinski definition) is 0. The van der Waals surface area contributed by atoms with Gasteiger partial charge in [0.1, 0.15) is 0 Å². The minimum absolute atomic E-state index is 0.647. The van der Waals surface area contributed by atoms with Gasteiger partial charge in [0.15, 0.2) is 11.1 Å². The van der Waals surface area contributed by atoms with Crippen molar-refractivity contribution in [1.29, 1.82) is 0 Å². The largest absolute Gasteiger partial charge is 0.198 e. The van der Waals surface area contributed by atoms with Gasteiger partial charge in [0.2, 0.25) is 0 Å². The highest BCUT2D eigenvalue weighted by Gasteiger charge is 2.10. The van der Waals surface area contributed by atoms with Gasteiger partial charge in [0.25, 0.3) is 0 Å². The predicted octanol–water partition coefficient (Wildman–Crippen LogP) is 2.09. The summed E-state index contributed by atoms with van der Waals surface area (Å²) in [4.78, 5) is 0. The maximum Gasteiger partial charge on any atom is 0.198 e. The number of hydrogen-bond acceptors (Lipinski definition) is 0. The summed E-state index contributed by atoms with van der Waals surface area (Å²) in [5.74, 6) is 0. The molecule has 0 radical (unpaired) electrons. The molecule has 0 N–H and O–H groups in total. The van der Waals surface area contributed by atoms with Crippen LogP contribution in [0.1, 0.15) is 0 Å². The lowest BCUT2D eigenvalue weighted by Gasteiger charge is -1.91. The van der Waals surface area contributed by atoms with Crippen molar-refractivity contribution < 1.29 is 0 Å². The van der Waals surface area contributed by atoms with Crippen LogP contribution in [0, 0.1) is 0 Å². The first-order valence-corrected chi connectivity index (χ1v) is 16.6. The van der Waals surface area contributed by atoms with E-state index in [1.807, 2.05) is 0 Å². The highest BCUT2D eigenvalue weighted by atomic mass is 79.9. The van der Waals surface area contributed by atoms with Crippen LogP contribution in [0.2, 0.25) is 0 Å². The standard InChI is InChI=1S/Br4H2Si2/c1-5(2)6(3)4/h5-6H. The smallest absolute Gasteiger partial charge is 0.117 e. The Morgan fingerprint density at radius 3 is 0.833 bits per heavy atom. The van der Waals surface area contributed by atoms with Crippen molar-refractivity contribution in [3.63, 3.8) is 0 Å². The summed E-state index contributed by atoms with van der Waals surface area (Å²) < 4.78 is 0. The third-order valence-electron chi connectivity index (χ3n) is 0.190. The summed E-state index contributed by atoms with van der Waals surface area (Å²) in [6.45, 7) is 0. The summed E-state index contributed by atoms with van der Waals surface area (Å²) in [5.41, 5.74) is -1.29. The van der Waals surface area contributed by atoms with Crippen molar-refractivity contribution in [3.8, 4) is 0 Å². The molecule has 38 valence electrons. The van der Waals surface area contributed by atoms with E-state index in [-0.39, 0.29) is 0 Å². The second kappa shape index (κ2) is 4.25. The molecule has 0 aliphatic carbocycles. The second-order valence-corrected chi connectivity index (χ2v) is 36.9. The Morgan fingerprint density at radius 2 is 0.833 bits per heavy atom. The molecule has 0 bridgehead atoms. The third-order valence-corrected chi connectivity index (χ3v) is 46.3. The first-order valence-electron chi connectivity index (χ1n) is 1.21. The lowest BCUT2D eigenvalue weighted by molar-refractivity contribution is 4.32. The van der Waals surface area contributed by atoms with E-state index in [2.05, 4.69) is 61.2 Å². The Labute approximate surface area is 71.4 Å². The van der Waals surface area contributed by atoms with E-state index in [9.17, 15) is 0 Å². The molecule has 6 heavy (non-hydrogen) atoms. The molecule has 0 aromatic carbocycles. The van der Waals surface area contributed by atoms with Crippen LogP contribution in [-0.2, 0) is 0 Å². The second-order valence-electron chi connectivity index (χ2n) is 0.669. The molecule has 0 aromatic rings. The molecule has 0 unspecified atom stereocenters. The summed E-state index contributed by atoms with van der Waals surface area (Å²) in [6.07, 6.45) is 0. The minimum Gasteiger partial charge on any atom is -0.117 e. The van der Waals surface area contributed by atoms with Crippen LogP contribution in [-0.4, -0.2) is 11.1 Å². The van der Waals surface area contributed by atoms with Crippen LogP contribution in [0.3, 0.4) is 0 Å². The van der Waals surface area contributed by atoms with Gasteiger partial charge in [-0.1, -0.05) is 0 Å². The highest BCUT2D eigenvalue weighted by molar-refractivity contribution is 9.63. The molecular formula is H2Br4Si2. The van der Waals surface area contributed by atoms with Crippen LogP contribution in [0.25, 0.3) is 0 Å². The first-order chi connectivity index (χ1) is 2.64. The minimum atomic E-state index is -0.647. The molecule has 0 aliphatic heterocycles. The van der Waals surface area contributed by atoms with E-state index in [4.69, 9.17) is 0 Å². The predicted molar refractivity (Wildman–Crippen MR) is 50.0 cm³/mol. The van der Waals surface area contributed by atoms with Gasteiger partial charge in [-0.25, -0.2) is 0 Å². The molecule has 0 aliphatic rings. The van der Waals surface area contributed by atoms with Crippen molar-refractivity contribution in [3.05, 3.63) is 0 Å². The molecule has 0 fully saturated rings. The Morgan fingerprint density at radius 1 is 0.667 bits per heavy atom. The molecule has 0 nitrogen and oxygen atoms in total. The molecule has 0 aromatic heterocycles. The molecule has 0 atom stereocenters. The summed E-state index contributed by atoms with van der Waals surface area (Å²) in [7, 11) is 0. The highest BCUT2D eigenvalue weighted by Crippen LogP contribution is 2.15. The Kier molecular flexibility index (Phi) is 5.92. The Balaban J connectivity index is 2.99. The molecule has 0 spiro atoms. The van der Waals surface area contributed by atoms with E-state index >= 15 is 0 Å². The van der Waals surface area contributed by atoms with Gasteiger partial charge in [-0.3, -0.25) is 0 Å². The Hall–Kier alpha value is 2.35. The third kappa shape index (κ3) is 4.51. The number of rotatable bonds is 1. The fraction of sp³-hybridized carbons (Fsp3) is 0. The molecule has 0 rings (SSSR count). The zero-order chi connectivity index (χ0) is 5.15. The van der Waals surface area contributed by atoms with Gasteiger partial charge in [-0.15, -0.1) is 61.2 Å². The zero-order valence-corrected chi connectivity index (χ0v) is 11.3. The van der Waals surface area contributed by atoms with Crippen LogP contribution >= 0.6 is 61.2 Å². The molecule has 6 heteroatoms. The van der Waals surface area contributed by atoms with Gasteiger partial charge in [0, 0.05) is 0 Å². The van der Waals surface area contributed by atoms with E-state index in [1.165, 1.54) is 0 Å².